The summed E-state index contributed by atoms with van der Waals surface area (Å²) in [6.45, 7) is 5.17. The van der Waals surface area contributed by atoms with Crippen molar-refractivity contribution in [1.82, 2.24) is 9.55 Å². The number of aromatic nitrogens is 2. The van der Waals surface area contributed by atoms with Gasteiger partial charge in [-0.05, 0) is 37.3 Å². The van der Waals surface area contributed by atoms with E-state index >= 15 is 0 Å². The fourth-order valence-corrected chi connectivity index (χ4v) is 3.60. The molecule has 0 bridgehead atoms. The Bertz CT molecular complexity index is 675. The molecule has 2 aromatic rings. The molecule has 1 heterocycles. The maximum Gasteiger partial charge on any atom is 0.337 e. The van der Waals surface area contributed by atoms with Crippen LogP contribution in [0, 0.1) is 18.8 Å². The first kappa shape index (κ1) is 14.1. The summed E-state index contributed by atoms with van der Waals surface area (Å²) >= 11 is 0. The van der Waals surface area contributed by atoms with E-state index in [2.05, 4.69) is 16.5 Å². The van der Waals surface area contributed by atoms with Crippen molar-refractivity contribution >= 4 is 17.0 Å². The van der Waals surface area contributed by atoms with Crippen LogP contribution in [0.2, 0.25) is 0 Å². The van der Waals surface area contributed by atoms with Crippen molar-refractivity contribution in [2.24, 2.45) is 11.8 Å². The highest BCUT2D eigenvalue weighted by molar-refractivity contribution is 6.01. The first-order valence-electron chi connectivity index (χ1n) is 7.77. The van der Waals surface area contributed by atoms with E-state index in [-0.39, 0.29) is 0 Å². The highest BCUT2D eigenvalue weighted by atomic mass is 16.4. The van der Waals surface area contributed by atoms with Crippen LogP contribution in [-0.4, -0.2) is 20.6 Å². The van der Waals surface area contributed by atoms with Gasteiger partial charge < -0.3 is 9.67 Å². The van der Waals surface area contributed by atoms with Crippen molar-refractivity contribution in [3.05, 3.63) is 29.6 Å². The van der Waals surface area contributed by atoms with Crippen molar-refractivity contribution in [3.63, 3.8) is 0 Å². The van der Waals surface area contributed by atoms with Crippen LogP contribution in [0.25, 0.3) is 11.0 Å². The highest BCUT2D eigenvalue weighted by Crippen LogP contribution is 2.32. The molecule has 1 saturated carbocycles. The summed E-state index contributed by atoms with van der Waals surface area (Å²) in [7, 11) is 0. The number of hydrogen-bond acceptors (Lipinski definition) is 2. The zero-order chi connectivity index (χ0) is 15.0. The van der Waals surface area contributed by atoms with Crippen LogP contribution >= 0.6 is 0 Å². The molecule has 0 radical (unpaired) electrons. The first-order valence-corrected chi connectivity index (χ1v) is 7.77. The minimum absolute atomic E-state index is 0.358. The van der Waals surface area contributed by atoms with E-state index in [0.29, 0.717) is 17.4 Å². The van der Waals surface area contributed by atoms with Gasteiger partial charge in [-0.25, -0.2) is 9.78 Å². The molecule has 4 heteroatoms. The van der Waals surface area contributed by atoms with Crippen LogP contribution in [-0.2, 0) is 6.54 Å². The van der Waals surface area contributed by atoms with E-state index < -0.39 is 5.97 Å². The minimum Gasteiger partial charge on any atom is -0.478 e. The maximum absolute atomic E-state index is 11.5. The lowest BCUT2D eigenvalue weighted by Crippen LogP contribution is -2.22. The second-order valence-corrected chi connectivity index (χ2v) is 6.27. The zero-order valence-electron chi connectivity index (χ0n) is 12.7. The summed E-state index contributed by atoms with van der Waals surface area (Å²) in [6.07, 6.45) is 5.12. The summed E-state index contributed by atoms with van der Waals surface area (Å²) in [4.78, 5) is 16.0. The average Bonchev–Trinajstić information content (AvgIpc) is 2.77. The van der Waals surface area contributed by atoms with E-state index in [1.54, 1.807) is 12.1 Å². The summed E-state index contributed by atoms with van der Waals surface area (Å²) in [5.41, 5.74) is 1.92. The number of carbonyl (C=O) groups is 1. The maximum atomic E-state index is 11.5. The van der Waals surface area contributed by atoms with Gasteiger partial charge in [0.1, 0.15) is 5.82 Å². The van der Waals surface area contributed by atoms with Gasteiger partial charge in [-0.1, -0.05) is 32.3 Å². The summed E-state index contributed by atoms with van der Waals surface area (Å²) in [5.74, 6) is 1.36. The third-order valence-electron chi connectivity index (χ3n) is 4.89. The van der Waals surface area contributed by atoms with Gasteiger partial charge in [-0.2, -0.15) is 0 Å². The molecule has 2 atom stereocenters. The number of aromatic carboxylic acids is 1. The Kier molecular flexibility index (Phi) is 3.70. The molecule has 1 aromatic heterocycles. The van der Waals surface area contributed by atoms with Crippen molar-refractivity contribution in [2.75, 3.05) is 0 Å². The average molecular weight is 286 g/mol. The van der Waals surface area contributed by atoms with Gasteiger partial charge in [0.05, 0.1) is 16.6 Å². The van der Waals surface area contributed by atoms with Gasteiger partial charge >= 0.3 is 5.97 Å². The number of imidazole rings is 1. The third-order valence-corrected chi connectivity index (χ3v) is 4.89. The van der Waals surface area contributed by atoms with E-state index in [0.717, 1.165) is 23.4 Å². The second-order valence-electron chi connectivity index (χ2n) is 6.27. The van der Waals surface area contributed by atoms with Gasteiger partial charge in [0.25, 0.3) is 0 Å². The number of rotatable bonds is 3. The molecule has 1 fully saturated rings. The molecule has 1 aromatic carbocycles. The number of aryl methyl sites for hydroxylation is 1. The van der Waals surface area contributed by atoms with Gasteiger partial charge in [0.15, 0.2) is 0 Å². The van der Waals surface area contributed by atoms with E-state index in [9.17, 15) is 9.90 Å². The Labute approximate surface area is 124 Å². The summed E-state index contributed by atoms with van der Waals surface area (Å²) in [5, 5.41) is 9.43. The molecule has 0 spiro atoms. The van der Waals surface area contributed by atoms with Crippen LogP contribution in [0.15, 0.2) is 18.2 Å². The van der Waals surface area contributed by atoms with Crippen LogP contribution in [0.4, 0.5) is 0 Å². The normalized spacial score (nSPS) is 22.6. The Morgan fingerprint density at radius 2 is 2.14 bits per heavy atom. The minimum atomic E-state index is -0.876. The SMILES string of the molecule is Cc1nc2cccc(C(=O)O)c2n1CC1CCCCC1C. The van der Waals surface area contributed by atoms with Gasteiger partial charge in [0, 0.05) is 6.54 Å². The highest BCUT2D eigenvalue weighted by Gasteiger charge is 2.24. The number of carboxylic acids is 1. The Hall–Kier alpha value is -1.84. The lowest BCUT2D eigenvalue weighted by Gasteiger charge is -2.29. The van der Waals surface area contributed by atoms with Gasteiger partial charge in [-0.15, -0.1) is 0 Å². The number of fused-ring (bicyclic) bond motifs is 1. The van der Waals surface area contributed by atoms with Crippen molar-refractivity contribution in [3.8, 4) is 0 Å². The topological polar surface area (TPSA) is 55.1 Å². The summed E-state index contributed by atoms with van der Waals surface area (Å²) < 4.78 is 2.12. The molecule has 1 aliphatic carbocycles. The van der Waals surface area contributed by atoms with Crippen molar-refractivity contribution in [1.29, 1.82) is 0 Å². The Balaban J connectivity index is 2.05. The van der Waals surface area contributed by atoms with Crippen LogP contribution in [0.1, 0.15) is 48.8 Å². The molecular formula is C17H22N2O2. The molecular weight excluding hydrogens is 264 g/mol. The van der Waals surface area contributed by atoms with Crippen molar-refractivity contribution in [2.45, 2.75) is 46.1 Å². The van der Waals surface area contributed by atoms with Crippen LogP contribution in [0.3, 0.4) is 0 Å². The molecule has 0 aliphatic heterocycles. The standard InChI is InChI=1S/C17H22N2O2/c1-11-6-3-4-7-13(11)10-19-12(2)18-15-9-5-8-14(16(15)19)17(20)21/h5,8-9,11,13H,3-4,6-7,10H2,1-2H3,(H,20,21). The number of benzene rings is 1. The fourth-order valence-electron chi connectivity index (χ4n) is 3.60. The Morgan fingerprint density at radius 3 is 2.86 bits per heavy atom. The number of hydrogen-bond donors (Lipinski definition) is 1. The van der Waals surface area contributed by atoms with E-state index in [1.165, 1.54) is 25.7 Å². The number of para-hydroxylation sites is 1. The molecule has 2 unspecified atom stereocenters. The van der Waals surface area contributed by atoms with Crippen LogP contribution in [0.5, 0.6) is 0 Å². The smallest absolute Gasteiger partial charge is 0.337 e. The fraction of sp³-hybridized carbons (Fsp3) is 0.529. The molecule has 21 heavy (non-hydrogen) atoms. The lowest BCUT2D eigenvalue weighted by atomic mass is 9.80. The molecule has 0 amide bonds. The van der Waals surface area contributed by atoms with E-state index in [4.69, 9.17) is 0 Å². The lowest BCUT2D eigenvalue weighted by molar-refractivity contribution is 0.0698. The van der Waals surface area contributed by atoms with Crippen molar-refractivity contribution < 1.29 is 9.90 Å². The first-order chi connectivity index (χ1) is 10.1. The molecule has 4 nitrogen and oxygen atoms in total. The largest absolute Gasteiger partial charge is 0.478 e. The monoisotopic (exact) mass is 286 g/mol. The molecule has 1 aliphatic rings. The zero-order valence-corrected chi connectivity index (χ0v) is 12.7. The number of nitrogens with zero attached hydrogens (tertiary/aromatic N) is 2. The van der Waals surface area contributed by atoms with Gasteiger partial charge in [-0.3, -0.25) is 0 Å². The molecule has 1 N–H and O–H groups in total. The number of carboxylic acid groups (broad SMARTS) is 1. The van der Waals surface area contributed by atoms with E-state index in [1.807, 2.05) is 13.0 Å². The molecule has 0 saturated heterocycles. The summed E-state index contributed by atoms with van der Waals surface area (Å²) in [6, 6.07) is 5.34. The molecule has 112 valence electrons. The predicted octanol–water partition coefficient (Wildman–Crippen LogP) is 3.87. The quantitative estimate of drug-likeness (QED) is 0.931. The predicted molar refractivity (Wildman–Crippen MR) is 82.6 cm³/mol. The Morgan fingerprint density at radius 1 is 1.38 bits per heavy atom. The third kappa shape index (κ3) is 2.55. The van der Waals surface area contributed by atoms with Crippen LogP contribution < -0.4 is 0 Å². The van der Waals surface area contributed by atoms with Gasteiger partial charge in [0.2, 0.25) is 0 Å². The molecule has 3 rings (SSSR count). The second kappa shape index (κ2) is 5.51.